The zero-order valence-electron chi connectivity index (χ0n) is 21.9. The van der Waals surface area contributed by atoms with Gasteiger partial charge in [0, 0.05) is 5.56 Å². The molecule has 0 saturated carbocycles. The van der Waals surface area contributed by atoms with Crippen LogP contribution in [0.3, 0.4) is 0 Å². The Morgan fingerprint density at radius 1 is 1.00 bits per heavy atom. The van der Waals surface area contributed by atoms with Gasteiger partial charge in [0.05, 0.1) is 17.6 Å². The molecule has 2 aromatic carbocycles. The molecule has 1 N–H and O–H groups in total. The molecule has 188 valence electrons. The molecule has 5 rings (SSSR count). The molecule has 0 aliphatic carbocycles. The van der Waals surface area contributed by atoms with E-state index in [9.17, 15) is 9.90 Å². The van der Waals surface area contributed by atoms with Crippen molar-refractivity contribution < 1.29 is 24.1 Å². The fourth-order valence-electron chi connectivity index (χ4n) is 5.39. The molecule has 3 aliphatic heterocycles. The summed E-state index contributed by atoms with van der Waals surface area (Å²) in [5.41, 5.74) is 3.70. The highest BCUT2D eigenvalue weighted by Crippen LogP contribution is 2.46. The highest BCUT2D eigenvalue weighted by molar-refractivity contribution is 6.00. The first-order valence-electron chi connectivity index (χ1n) is 12.9. The van der Waals surface area contributed by atoms with Crippen molar-refractivity contribution in [3.05, 3.63) is 52.1 Å². The van der Waals surface area contributed by atoms with E-state index in [2.05, 4.69) is 39.8 Å². The zero-order valence-corrected chi connectivity index (χ0v) is 21.9. The number of fused-ring (bicyclic) bond motifs is 4. The molecule has 0 saturated heterocycles. The minimum Gasteiger partial charge on any atom is -0.487 e. The first-order chi connectivity index (χ1) is 16.3. The molecule has 35 heavy (non-hydrogen) atoms. The molecule has 0 fully saturated rings. The van der Waals surface area contributed by atoms with Gasteiger partial charge in [-0.25, -0.2) is 0 Å². The van der Waals surface area contributed by atoms with E-state index in [1.165, 1.54) is 0 Å². The maximum atomic E-state index is 13.2. The number of rotatable bonds is 4. The summed E-state index contributed by atoms with van der Waals surface area (Å²) in [4.78, 5) is 13.2. The molecular weight excluding hydrogens is 440 g/mol. The van der Waals surface area contributed by atoms with Crippen LogP contribution >= 0.6 is 0 Å². The summed E-state index contributed by atoms with van der Waals surface area (Å²) in [5, 5.41) is 10.4. The van der Waals surface area contributed by atoms with E-state index >= 15 is 0 Å². The number of hydrogen-bond acceptors (Lipinski definition) is 5. The van der Waals surface area contributed by atoms with Crippen molar-refractivity contribution >= 4 is 5.78 Å². The number of benzene rings is 2. The highest BCUT2D eigenvalue weighted by atomic mass is 16.5. The Morgan fingerprint density at radius 2 is 1.71 bits per heavy atom. The summed E-state index contributed by atoms with van der Waals surface area (Å²) < 4.78 is 19.2. The number of aliphatic hydroxyl groups is 1. The van der Waals surface area contributed by atoms with E-state index in [1.54, 1.807) is 0 Å². The summed E-state index contributed by atoms with van der Waals surface area (Å²) in [6, 6.07) is 8.06. The van der Waals surface area contributed by atoms with Crippen LogP contribution in [0, 0.1) is 0 Å². The Morgan fingerprint density at radius 3 is 2.46 bits per heavy atom. The summed E-state index contributed by atoms with van der Waals surface area (Å²) in [6.07, 6.45) is 4.85. The first kappa shape index (κ1) is 24.2. The highest BCUT2D eigenvalue weighted by Gasteiger charge is 2.36. The second kappa shape index (κ2) is 8.26. The largest absolute Gasteiger partial charge is 0.487 e. The van der Waals surface area contributed by atoms with Gasteiger partial charge in [-0.2, -0.15) is 0 Å². The molecule has 0 aromatic heterocycles. The standard InChI is InChI=1S/C30H38O5/c1-28(2,32)12-9-18-15-20(16-19-10-13-30(5,6)35-26(18)19)25-17-23(31)21-7-8-24-22(27(21)33-25)11-14-29(3,4)34-24/h7-8,15-16,25,32H,9-14,17H2,1-6H3/t25-/m1/s1. The molecule has 5 nitrogen and oxygen atoms in total. The number of carbonyl (C=O) groups is 1. The van der Waals surface area contributed by atoms with Crippen LogP contribution in [0.1, 0.15) is 106 Å². The predicted molar refractivity (Wildman–Crippen MR) is 136 cm³/mol. The summed E-state index contributed by atoms with van der Waals surface area (Å²) in [6.45, 7) is 12.1. The Balaban J connectivity index is 1.52. The summed E-state index contributed by atoms with van der Waals surface area (Å²) in [7, 11) is 0. The second-order valence-corrected chi connectivity index (χ2v) is 12.4. The van der Waals surface area contributed by atoms with Gasteiger partial charge >= 0.3 is 0 Å². The molecule has 0 amide bonds. The maximum Gasteiger partial charge on any atom is 0.170 e. The number of hydrogen-bond donors (Lipinski definition) is 1. The molecule has 0 radical (unpaired) electrons. The average Bonchev–Trinajstić information content (AvgIpc) is 2.75. The van der Waals surface area contributed by atoms with Crippen molar-refractivity contribution in [1.29, 1.82) is 0 Å². The molecule has 2 aromatic rings. The molecule has 1 atom stereocenters. The number of ether oxygens (including phenoxy) is 3. The van der Waals surface area contributed by atoms with E-state index in [0.717, 1.165) is 59.4 Å². The van der Waals surface area contributed by atoms with Crippen molar-refractivity contribution in [3.63, 3.8) is 0 Å². The van der Waals surface area contributed by atoms with E-state index in [0.29, 0.717) is 30.6 Å². The van der Waals surface area contributed by atoms with Crippen LogP contribution in [0.4, 0.5) is 0 Å². The van der Waals surface area contributed by atoms with Gasteiger partial charge in [-0.1, -0.05) is 0 Å². The normalized spacial score (nSPS) is 22.1. The van der Waals surface area contributed by atoms with Gasteiger partial charge in [-0.15, -0.1) is 0 Å². The first-order valence-corrected chi connectivity index (χ1v) is 12.9. The summed E-state index contributed by atoms with van der Waals surface area (Å²) in [5.74, 6) is 2.55. The lowest BCUT2D eigenvalue weighted by Crippen LogP contribution is -2.34. The van der Waals surface area contributed by atoms with Crippen LogP contribution in [-0.2, 0) is 19.3 Å². The zero-order chi connectivity index (χ0) is 25.2. The number of carbonyl (C=O) groups excluding carboxylic acids is 1. The van der Waals surface area contributed by atoms with E-state index in [4.69, 9.17) is 14.2 Å². The number of ketones is 1. The quantitative estimate of drug-likeness (QED) is 0.558. The lowest BCUT2D eigenvalue weighted by atomic mass is 9.86. The smallest absolute Gasteiger partial charge is 0.170 e. The monoisotopic (exact) mass is 478 g/mol. The molecule has 3 heterocycles. The molecule has 3 aliphatic rings. The predicted octanol–water partition coefficient (Wildman–Crippen LogP) is 6.30. The fourth-order valence-corrected chi connectivity index (χ4v) is 5.39. The van der Waals surface area contributed by atoms with Crippen LogP contribution < -0.4 is 14.2 Å². The van der Waals surface area contributed by atoms with Crippen molar-refractivity contribution in [2.75, 3.05) is 0 Å². The Bertz CT molecular complexity index is 1170. The van der Waals surface area contributed by atoms with Crippen LogP contribution in [0.25, 0.3) is 0 Å². The van der Waals surface area contributed by atoms with E-state index in [1.807, 2.05) is 26.0 Å². The molecule has 0 bridgehead atoms. The molecule has 0 unspecified atom stereocenters. The number of Topliss-reactive ketones (excluding diaryl/α,β-unsaturated/α-hetero) is 1. The molecule has 5 heteroatoms. The van der Waals surface area contributed by atoms with E-state index < -0.39 is 5.60 Å². The fraction of sp³-hybridized carbons (Fsp3) is 0.567. The Kier molecular flexibility index (Phi) is 5.71. The van der Waals surface area contributed by atoms with Crippen molar-refractivity contribution in [2.24, 2.45) is 0 Å². The third-order valence-corrected chi connectivity index (χ3v) is 7.53. The van der Waals surface area contributed by atoms with Crippen molar-refractivity contribution in [1.82, 2.24) is 0 Å². The van der Waals surface area contributed by atoms with Crippen LogP contribution in [0.2, 0.25) is 0 Å². The average molecular weight is 479 g/mol. The lowest BCUT2D eigenvalue weighted by molar-refractivity contribution is 0.0683. The van der Waals surface area contributed by atoms with Crippen molar-refractivity contribution in [3.8, 4) is 17.2 Å². The molecular formula is C30H38O5. The van der Waals surface area contributed by atoms with Gasteiger partial charge in [0.1, 0.15) is 34.6 Å². The van der Waals surface area contributed by atoms with Crippen LogP contribution in [0.15, 0.2) is 24.3 Å². The third-order valence-electron chi connectivity index (χ3n) is 7.53. The summed E-state index contributed by atoms with van der Waals surface area (Å²) >= 11 is 0. The Hall–Kier alpha value is -2.53. The van der Waals surface area contributed by atoms with Crippen LogP contribution in [0.5, 0.6) is 17.2 Å². The van der Waals surface area contributed by atoms with Crippen molar-refractivity contribution in [2.45, 2.75) is 109 Å². The van der Waals surface area contributed by atoms with Gasteiger partial charge in [-0.05, 0) is 121 Å². The van der Waals surface area contributed by atoms with Gasteiger partial charge in [0.15, 0.2) is 5.78 Å². The molecule has 0 spiro atoms. The van der Waals surface area contributed by atoms with Gasteiger partial charge in [0.2, 0.25) is 0 Å². The third kappa shape index (κ3) is 4.93. The van der Waals surface area contributed by atoms with Gasteiger partial charge in [0.25, 0.3) is 0 Å². The second-order valence-electron chi connectivity index (χ2n) is 12.4. The van der Waals surface area contributed by atoms with E-state index in [-0.39, 0.29) is 23.1 Å². The number of aryl methyl sites for hydroxylation is 2. The van der Waals surface area contributed by atoms with Crippen LogP contribution in [-0.4, -0.2) is 27.7 Å². The van der Waals surface area contributed by atoms with Gasteiger partial charge < -0.3 is 19.3 Å². The minimum atomic E-state index is -0.768. The maximum absolute atomic E-state index is 13.2. The Labute approximate surface area is 208 Å². The topological polar surface area (TPSA) is 65.0 Å². The minimum absolute atomic E-state index is 0.108. The SMILES string of the molecule is CC(C)(O)CCc1cc([C@H]2CC(=O)c3ccc4c(c3O2)CCC(C)(C)O4)cc2c1OC(C)(C)CC2. The lowest BCUT2D eigenvalue weighted by Gasteiger charge is -2.37. The van der Waals surface area contributed by atoms with Gasteiger partial charge in [-0.3, -0.25) is 4.79 Å².